The van der Waals surface area contributed by atoms with Crippen LogP contribution in [-0.4, -0.2) is 30.1 Å². The molecule has 6 heteroatoms. The molecule has 0 atom stereocenters. The molecular formula is C14H21N3O2S. The number of nitrogens with one attached hydrogen (secondary N) is 2. The Morgan fingerprint density at radius 2 is 2.05 bits per heavy atom. The van der Waals surface area contributed by atoms with Crippen LogP contribution in [0.5, 0.6) is 5.75 Å². The van der Waals surface area contributed by atoms with Gasteiger partial charge in [-0.2, -0.15) is 0 Å². The average Bonchev–Trinajstić information content (AvgIpc) is 2.33. The number of ether oxygens (including phenoxy) is 1. The number of hydrogen-bond donors (Lipinski definition) is 3. The molecule has 4 N–H and O–H groups in total. The summed E-state index contributed by atoms with van der Waals surface area (Å²) in [5.41, 5.74) is 6.77. The van der Waals surface area contributed by atoms with Crippen molar-refractivity contribution in [1.82, 2.24) is 5.32 Å². The van der Waals surface area contributed by atoms with Crippen LogP contribution in [-0.2, 0) is 4.79 Å². The second-order valence-corrected chi connectivity index (χ2v) is 5.87. The summed E-state index contributed by atoms with van der Waals surface area (Å²) in [5.74, 6) is 0.568. The third kappa shape index (κ3) is 5.05. The van der Waals surface area contributed by atoms with E-state index in [2.05, 4.69) is 10.6 Å². The summed E-state index contributed by atoms with van der Waals surface area (Å²) in [6.07, 6.45) is 0. The van der Waals surface area contributed by atoms with Crippen molar-refractivity contribution in [2.24, 2.45) is 5.73 Å². The van der Waals surface area contributed by atoms with Gasteiger partial charge in [0.1, 0.15) is 10.7 Å². The monoisotopic (exact) mass is 295 g/mol. The maximum absolute atomic E-state index is 11.8. The second-order valence-electron chi connectivity index (χ2n) is 5.43. The summed E-state index contributed by atoms with van der Waals surface area (Å²) >= 11 is 4.99. The Kier molecular flexibility index (Phi) is 5.33. The lowest BCUT2D eigenvalue weighted by molar-refractivity contribution is -0.120. The van der Waals surface area contributed by atoms with E-state index in [1.807, 2.05) is 20.8 Å². The summed E-state index contributed by atoms with van der Waals surface area (Å²) in [6.45, 7) is 5.92. The summed E-state index contributed by atoms with van der Waals surface area (Å²) in [4.78, 5) is 12.1. The largest absolute Gasteiger partial charge is 0.497 e. The minimum absolute atomic E-state index is 0.103. The first-order valence-corrected chi connectivity index (χ1v) is 6.66. The Hall–Kier alpha value is -1.82. The summed E-state index contributed by atoms with van der Waals surface area (Å²) in [5, 5.41) is 5.90. The second kappa shape index (κ2) is 6.56. The van der Waals surface area contributed by atoms with E-state index < -0.39 is 0 Å². The predicted octanol–water partition coefficient (Wildman–Crippen LogP) is 1.66. The molecule has 0 aliphatic heterocycles. The average molecular weight is 295 g/mol. The molecular weight excluding hydrogens is 274 g/mol. The fraction of sp³-hybridized carbons (Fsp3) is 0.429. The number of carbonyl (C=O) groups excluding carboxylic acids is 1. The van der Waals surface area contributed by atoms with E-state index in [0.717, 1.165) is 0 Å². The van der Waals surface area contributed by atoms with E-state index in [9.17, 15) is 4.79 Å². The number of rotatable bonds is 5. The highest BCUT2D eigenvalue weighted by Gasteiger charge is 2.14. The van der Waals surface area contributed by atoms with Crippen LogP contribution in [0.15, 0.2) is 18.2 Å². The van der Waals surface area contributed by atoms with E-state index in [0.29, 0.717) is 17.0 Å². The van der Waals surface area contributed by atoms with Crippen molar-refractivity contribution < 1.29 is 9.53 Å². The molecule has 110 valence electrons. The topological polar surface area (TPSA) is 76.4 Å². The van der Waals surface area contributed by atoms with Crippen LogP contribution in [0.4, 0.5) is 5.69 Å². The van der Waals surface area contributed by atoms with Gasteiger partial charge in [-0.1, -0.05) is 12.2 Å². The standard InChI is InChI=1S/C14H21N3O2S/c1-14(2,3)17-12(18)8-16-11-7-9(19-4)5-6-10(11)13(15)20/h5-7,16H,8H2,1-4H3,(H2,15,20)(H,17,18). The van der Waals surface area contributed by atoms with Gasteiger partial charge in [0.15, 0.2) is 0 Å². The zero-order valence-electron chi connectivity index (χ0n) is 12.2. The Labute approximate surface area is 124 Å². The Bertz CT molecular complexity index is 510. The van der Waals surface area contributed by atoms with E-state index in [1.165, 1.54) is 0 Å². The van der Waals surface area contributed by atoms with Gasteiger partial charge in [-0.25, -0.2) is 0 Å². The van der Waals surface area contributed by atoms with Crippen molar-refractivity contribution in [1.29, 1.82) is 0 Å². The number of thiocarbonyl (C=S) groups is 1. The lowest BCUT2D eigenvalue weighted by atomic mass is 10.1. The number of methoxy groups -OCH3 is 1. The molecule has 0 fully saturated rings. The van der Waals surface area contributed by atoms with Gasteiger partial charge >= 0.3 is 0 Å². The van der Waals surface area contributed by atoms with Gasteiger partial charge in [0.25, 0.3) is 0 Å². The van der Waals surface area contributed by atoms with Gasteiger partial charge in [-0.15, -0.1) is 0 Å². The molecule has 1 aromatic carbocycles. The maximum atomic E-state index is 11.8. The molecule has 0 radical (unpaired) electrons. The van der Waals surface area contributed by atoms with Crippen molar-refractivity contribution in [2.45, 2.75) is 26.3 Å². The maximum Gasteiger partial charge on any atom is 0.239 e. The first kappa shape index (κ1) is 16.2. The van der Waals surface area contributed by atoms with Crippen LogP contribution in [0.2, 0.25) is 0 Å². The van der Waals surface area contributed by atoms with Gasteiger partial charge in [0.05, 0.1) is 13.7 Å². The fourth-order valence-corrected chi connectivity index (χ4v) is 1.83. The van der Waals surface area contributed by atoms with Crippen LogP contribution in [0.1, 0.15) is 26.3 Å². The molecule has 0 aliphatic rings. The smallest absolute Gasteiger partial charge is 0.239 e. The van der Waals surface area contributed by atoms with E-state index in [4.69, 9.17) is 22.7 Å². The van der Waals surface area contributed by atoms with Crippen LogP contribution in [0.3, 0.4) is 0 Å². The molecule has 1 aromatic rings. The number of anilines is 1. The minimum atomic E-state index is -0.265. The SMILES string of the molecule is COc1ccc(C(N)=S)c(NCC(=O)NC(C)(C)C)c1. The molecule has 5 nitrogen and oxygen atoms in total. The molecule has 0 heterocycles. The zero-order valence-corrected chi connectivity index (χ0v) is 13.1. The molecule has 1 rings (SSSR count). The highest BCUT2D eigenvalue weighted by molar-refractivity contribution is 7.80. The molecule has 1 amide bonds. The van der Waals surface area contributed by atoms with E-state index in [1.54, 1.807) is 25.3 Å². The Morgan fingerprint density at radius 3 is 2.55 bits per heavy atom. The van der Waals surface area contributed by atoms with E-state index >= 15 is 0 Å². The quantitative estimate of drug-likeness (QED) is 0.720. The molecule has 0 spiro atoms. The number of nitrogens with two attached hydrogens (primary N) is 1. The first-order valence-electron chi connectivity index (χ1n) is 6.25. The molecule has 0 saturated heterocycles. The lowest BCUT2D eigenvalue weighted by Gasteiger charge is -2.21. The van der Waals surface area contributed by atoms with Crippen LogP contribution >= 0.6 is 12.2 Å². The third-order valence-electron chi connectivity index (χ3n) is 2.45. The van der Waals surface area contributed by atoms with Gasteiger partial charge in [0, 0.05) is 22.9 Å². The fourth-order valence-electron chi connectivity index (χ4n) is 1.65. The Morgan fingerprint density at radius 1 is 1.40 bits per heavy atom. The molecule has 0 bridgehead atoms. The van der Waals surface area contributed by atoms with Crippen molar-refractivity contribution in [3.8, 4) is 5.75 Å². The normalized spacial score (nSPS) is 10.8. The Balaban J connectivity index is 2.80. The number of carbonyl (C=O) groups is 1. The van der Waals surface area contributed by atoms with Crippen molar-refractivity contribution in [2.75, 3.05) is 19.0 Å². The van der Waals surface area contributed by atoms with Gasteiger partial charge < -0.3 is 21.1 Å². The predicted molar refractivity (Wildman–Crippen MR) is 85.3 cm³/mol. The van der Waals surface area contributed by atoms with Crippen LogP contribution in [0.25, 0.3) is 0 Å². The summed E-state index contributed by atoms with van der Waals surface area (Å²) < 4.78 is 5.15. The minimum Gasteiger partial charge on any atom is -0.497 e. The van der Waals surface area contributed by atoms with Gasteiger partial charge in [-0.3, -0.25) is 4.79 Å². The third-order valence-corrected chi connectivity index (χ3v) is 2.67. The summed E-state index contributed by atoms with van der Waals surface area (Å²) in [7, 11) is 1.58. The molecule has 0 unspecified atom stereocenters. The number of amides is 1. The molecule has 0 saturated carbocycles. The molecule has 20 heavy (non-hydrogen) atoms. The number of hydrogen-bond acceptors (Lipinski definition) is 4. The first-order chi connectivity index (χ1) is 9.23. The zero-order chi connectivity index (χ0) is 15.3. The van der Waals surface area contributed by atoms with Gasteiger partial charge in [-0.05, 0) is 32.9 Å². The molecule has 0 aliphatic carbocycles. The lowest BCUT2D eigenvalue weighted by Crippen LogP contribution is -2.43. The van der Waals surface area contributed by atoms with Crippen LogP contribution < -0.4 is 21.1 Å². The van der Waals surface area contributed by atoms with Crippen LogP contribution in [0, 0.1) is 0 Å². The van der Waals surface area contributed by atoms with Crippen molar-refractivity contribution in [3.63, 3.8) is 0 Å². The highest BCUT2D eigenvalue weighted by Crippen LogP contribution is 2.22. The number of benzene rings is 1. The highest BCUT2D eigenvalue weighted by atomic mass is 32.1. The van der Waals surface area contributed by atoms with Crippen molar-refractivity contribution >= 4 is 28.8 Å². The van der Waals surface area contributed by atoms with E-state index in [-0.39, 0.29) is 23.0 Å². The molecule has 0 aromatic heterocycles. The summed E-state index contributed by atoms with van der Waals surface area (Å²) in [6, 6.07) is 5.30. The van der Waals surface area contributed by atoms with Gasteiger partial charge in [0.2, 0.25) is 5.91 Å². The van der Waals surface area contributed by atoms with Crippen molar-refractivity contribution in [3.05, 3.63) is 23.8 Å².